The Morgan fingerprint density at radius 1 is 1.41 bits per heavy atom. The van der Waals surface area contributed by atoms with Crippen LogP contribution in [0.15, 0.2) is 18.2 Å². The molecule has 1 N–H and O–H groups in total. The highest BCUT2D eigenvalue weighted by molar-refractivity contribution is 6.32. The van der Waals surface area contributed by atoms with Gasteiger partial charge in [0.25, 0.3) is 5.91 Å². The fraction of sp³-hybridized carbons (Fsp3) is 0.417. The molecule has 1 aromatic carbocycles. The van der Waals surface area contributed by atoms with Crippen LogP contribution in [0, 0.1) is 0 Å². The van der Waals surface area contributed by atoms with Crippen molar-refractivity contribution in [2.45, 2.75) is 6.42 Å². The Morgan fingerprint density at radius 2 is 2.18 bits per heavy atom. The number of ether oxygens (including phenoxy) is 2. The Labute approximate surface area is 106 Å². The summed E-state index contributed by atoms with van der Waals surface area (Å²) in [5.41, 5.74) is 0.521. The van der Waals surface area contributed by atoms with E-state index < -0.39 is 0 Å². The van der Waals surface area contributed by atoms with E-state index in [0.717, 1.165) is 6.42 Å². The largest absolute Gasteiger partial charge is 0.495 e. The third-order valence-corrected chi connectivity index (χ3v) is 2.52. The van der Waals surface area contributed by atoms with Crippen molar-refractivity contribution in [2.75, 3.05) is 27.4 Å². The first-order valence-corrected chi connectivity index (χ1v) is 5.67. The standard InChI is InChI=1S/C12H16ClNO3/c1-16-7-3-6-14-12(15)9-4-5-11(17-2)10(13)8-9/h4-5,8H,3,6-7H2,1-2H3,(H,14,15). The number of hydrogen-bond acceptors (Lipinski definition) is 3. The van der Waals surface area contributed by atoms with Crippen molar-refractivity contribution in [1.82, 2.24) is 5.32 Å². The van der Waals surface area contributed by atoms with Crippen molar-refractivity contribution < 1.29 is 14.3 Å². The smallest absolute Gasteiger partial charge is 0.251 e. The molecular formula is C12H16ClNO3. The molecule has 0 fully saturated rings. The second-order valence-electron chi connectivity index (χ2n) is 3.45. The van der Waals surface area contributed by atoms with Gasteiger partial charge in [-0.1, -0.05) is 11.6 Å². The highest BCUT2D eigenvalue weighted by Gasteiger charge is 2.08. The lowest BCUT2D eigenvalue weighted by molar-refractivity contribution is 0.0948. The molecule has 1 aromatic rings. The molecule has 0 aliphatic carbocycles. The topological polar surface area (TPSA) is 47.6 Å². The fourth-order valence-corrected chi connectivity index (χ4v) is 1.59. The van der Waals surface area contributed by atoms with Gasteiger partial charge < -0.3 is 14.8 Å². The number of nitrogens with one attached hydrogen (secondary N) is 1. The van der Waals surface area contributed by atoms with E-state index in [1.54, 1.807) is 25.3 Å². The fourth-order valence-electron chi connectivity index (χ4n) is 1.33. The van der Waals surface area contributed by atoms with Gasteiger partial charge in [0, 0.05) is 25.8 Å². The molecule has 0 aromatic heterocycles. The molecular weight excluding hydrogens is 242 g/mol. The Balaban J connectivity index is 2.54. The zero-order chi connectivity index (χ0) is 12.7. The van der Waals surface area contributed by atoms with Gasteiger partial charge in [0.05, 0.1) is 12.1 Å². The first-order valence-electron chi connectivity index (χ1n) is 5.29. The summed E-state index contributed by atoms with van der Waals surface area (Å²) in [6.45, 7) is 1.21. The van der Waals surface area contributed by atoms with Crippen molar-refractivity contribution in [2.24, 2.45) is 0 Å². The predicted octanol–water partition coefficient (Wildman–Crippen LogP) is 2.11. The number of amides is 1. The van der Waals surface area contributed by atoms with Gasteiger partial charge >= 0.3 is 0 Å². The van der Waals surface area contributed by atoms with Gasteiger partial charge in [0.2, 0.25) is 0 Å². The van der Waals surface area contributed by atoms with E-state index in [-0.39, 0.29) is 5.91 Å². The maximum Gasteiger partial charge on any atom is 0.251 e. The van der Waals surface area contributed by atoms with E-state index in [4.69, 9.17) is 21.1 Å². The number of carbonyl (C=O) groups is 1. The van der Waals surface area contributed by atoms with Gasteiger partial charge in [-0.05, 0) is 24.6 Å². The summed E-state index contributed by atoms with van der Waals surface area (Å²) < 4.78 is 9.90. The molecule has 17 heavy (non-hydrogen) atoms. The van der Waals surface area contributed by atoms with Crippen LogP contribution in [0.25, 0.3) is 0 Å². The maximum atomic E-state index is 11.7. The second kappa shape index (κ2) is 7.14. The summed E-state index contributed by atoms with van der Waals surface area (Å²) in [7, 11) is 3.16. The van der Waals surface area contributed by atoms with Crippen LogP contribution < -0.4 is 10.1 Å². The molecule has 0 spiro atoms. The molecule has 0 heterocycles. The summed E-state index contributed by atoms with van der Waals surface area (Å²) in [6.07, 6.45) is 0.784. The number of carbonyl (C=O) groups excluding carboxylic acids is 1. The van der Waals surface area contributed by atoms with Crippen molar-refractivity contribution >= 4 is 17.5 Å². The van der Waals surface area contributed by atoms with Gasteiger partial charge in [-0.15, -0.1) is 0 Å². The van der Waals surface area contributed by atoms with Gasteiger partial charge in [-0.3, -0.25) is 4.79 Å². The lowest BCUT2D eigenvalue weighted by Gasteiger charge is -2.07. The molecule has 0 aliphatic heterocycles. The number of rotatable bonds is 6. The first kappa shape index (κ1) is 13.8. The third-order valence-electron chi connectivity index (χ3n) is 2.22. The monoisotopic (exact) mass is 257 g/mol. The average molecular weight is 258 g/mol. The molecule has 5 heteroatoms. The summed E-state index contributed by atoms with van der Waals surface area (Å²) in [4.78, 5) is 11.7. The van der Waals surface area contributed by atoms with Crippen LogP contribution in [0.5, 0.6) is 5.75 Å². The Bertz CT molecular complexity index is 382. The minimum Gasteiger partial charge on any atom is -0.495 e. The maximum absolute atomic E-state index is 11.7. The summed E-state index contributed by atoms with van der Waals surface area (Å²) >= 11 is 5.93. The highest BCUT2D eigenvalue weighted by atomic mass is 35.5. The molecule has 1 amide bonds. The minimum absolute atomic E-state index is 0.148. The van der Waals surface area contributed by atoms with E-state index in [1.165, 1.54) is 7.11 Å². The van der Waals surface area contributed by atoms with Crippen LogP contribution in [0.4, 0.5) is 0 Å². The Hall–Kier alpha value is -1.26. The van der Waals surface area contributed by atoms with E-state index >= 15 is 0 Å². The van der Waals surface area contributed by atoms with E-state index in [2.05, 4.69) is 5.32 Å². The van der Waals surface area contributed by atoms with Crippen LogP contribution in [-0.2, 0) is 4.74 Å². The van der Waals surface area contributed by atoms with Gasteiger partial charge in [-0.25, -0.2) is 0 Å². The lowest BCUT2D eigenvalue weighted by Crippen LogP contribution is -2.25. The Morgan fingerprint density at radius 3 is 2.76 bits per heavy atom. The molecule has 1 rings (SSSR count). The molecule has 4 nitrogen and oxygen atoms in total. The zero-order valence-electron chi connectivity index (χ0n) is 9.96. The van der Waals surface area contributed by atoms with Crippen LogP contribution in [0.2, 0.25) is 5.02 Å². The summed E-state index contributed by atoms with van der Waals surface area (Å²) in [6, 6.07) is 4.94. The van der Waals surface area contributed by atoms with Crippen LogP contribution in [-0.4, -0.2) is 33.3 Å². The molecule has 0 unspecified atom stereocenters. The van der Waals surface area contributed by atoms with E-state index in [0.29, 0.717) is 29.5 Å². The zero-order valence-corrected chi connectivity index (χ0v) is 10.7. The lowest BCUT2D eigenvalue weighted by atomic mass is 10.2. The van der Waals surface area contributed by atoms with Crippen molar-refractivity contribution in [3.63, 3.8) is 0 Å². The predicted molar refractivity (Wildman–Crippen MR) is 66.8 cm³/mol. The molecule has 0 aliphatic rings. The SMILES string of the molecule is COCCCNC(=O)c1ccc(OC)c(Cl)c1. The van der Waals surface area contributed by atoms with Crippen LogP contribution in [0.3, 0.4) is 0 Å². The number of methoxy groups -OCH3 is 2. The number of hydrogen-bond donors (Lipinski definition) is 1. The normalized spacial score (nSPS) is 10.1. The van der Waals surface area contributed by atoms with Crippen molar-refractivity contribution in [3.8, 4) is 5.75 Å². The van der Waals surface area contributed by atoms with Crippen molar-refractivity contribution in [1.29, 1.82) is 0 Å². The summed E-state index contributed by atoms with van der Waals surface area (Å²) in [5.74, 6) is 0.410. The molecule has 0 saturated heterocycles. The van der Waals surface area contributed by atoms with Gasteiger partial charge in [-0.2, -0.15) is 0 Å². The van der Waals surface area contributed by atoms with Crippen molar-refractivity contribution in [3.05, 3.63) is 28.8 Å². The molecule has 0 radical (unpaired) electrons. The van der Waals surface area contributed by atoms with Crippen LogP contribution >= 0.6 is 11.6 Å². The van der Waals surface area contributed by atoms with Crippen LogP contribution in [0.1, 0.15) is 16.8 Å². The minimum atomic E-state index is -0.148. The van der Waals surface area contributed by atoms with E-state index in [1.807, 2.05) is 0 Å². The quantitative estimate of drug-likeness (QED) is 0.794. The van der Waals surface area contributed by atoms with Gasteiger partial charge in [0.1, 0.15) is 5.75 Å². The molecule has 0 saturated carbocycles. The Kier molecular flexibility index (Phi) is 5.80. The third kappa shape index (κ3) is 4.24. The summed E-state index contributed by atoms with van der Waals surface area (Å²) in [5, 5.41) is 3.21. The van der Waals surface area contributed by atoms with E-state index in [9.17, 15) is 4.79 Å². The number of halogens is 1. The first-order chi connectivity index (χ1) is 8.19. The second-order valence-corrected chi connectivity index (χ2v) is 3.86. The average Bonchev–Trinajstić information content (AvgIpc) is 2.34. The molecule has 0 bridgehead atoms. The molecule has 94 valence electrons. The van der Waals surface area contributed by atoms with Gasteiger partial charge in [0.15, 0.2) is 0 Å². The molecule has 0 atom stereocenters. The number of benzene rings is 1. The highest BCUT2D eigenvalue weighted by Crippen LogP contribution is 2.24.